The monoisotopic (exact) mass is 263 g/mol. The molecule has 19 heavy (non-hydrogen) atoms. The lowest BCUT2D eigenvalue weighted by molar-refractivity contribution is -0.153. The summed E-state index contributed by atoms with van der Waals surface area (Å²) in [4.78, 5) is 22.8. The predicted molar refractivity (Wildman–Crippen MR) is 71.8 cm³/mol. The molecule has 0 heterocycles. The van der Waals surface area contributed by atoms with Crippen molar-refractivity contribution in [1.82, 2.24) is 5.32 Å². The highest BCUT2D eigenvalue weighted by Gasteiger charge is 2.44. The van der Waals surface area contributed by atoms with Gasteiger partial charge in [0.25, 0.3) is 0 Å². The molecule has 1 aromatic rings. The molecule has 0 atom stereocenters. The summed E-state index contributed by atoms with van der Waals surface area (Å²) in [7, 11) is 0. The quantitative estimate of drug-likeness (QED) is 0.620. The number of carboxylic acids is 1. The fourth-order valence-corrected chi connectivity index (χ4v) is 2.10. The van der Waals surface area contributed by atoms with Crippen molar-refractivity contribution >= 4 is 23.4 Å². The number of nitrogens with one attached hydrogen (secondary N) is 2. The van der Waals surface area contributed by atoms with Crippen LogP contribution in [0.2, 0.25) is 0 Å². The number of carbonyl (C=O) groups excluding carboxylic acids is 1. The Bertz CT molecular complexity index is 498. The molecule has 1 aliphatic carbocycles. The van der Waals surface area contributed by atoms with E-state index in [1.807, 2.05) is 0 Å². The molecule has 102 valence electrons. The second-order valence-electron chi connectivity index (χ2n) is 4.83. The van der Waals surface area contributed by atoms with E-state index in [1.54, 1.807) is 24.3 Å². The van der Waals surface area contributed by atoms with E-state index in [1.165, 1.54) is 0 Å². The SMILES string of the molecule is Nc1ccccc1NC(=O)NCC1(C(=O)O)CCC1. The number of hydrogen-bond donors (Lipinski definition) is 4. The lowest BCUT2D eigenvalue weighted by Gasteiger charge is -2.37. The van der Waals surface area contributed by atoms with Gasteiger partial charge in [-0.1, -0.05) is 18.6 Å². The maximum absolute atomic E-state index is 11.7. The van der Waals surface area contributed by atoms with Crippen LogP contribution in [0.4, 0.5) is 16.2 Å². The number of anilines is 2. The molecule has 0 saturated heterocycles. The van der Waals surface area contributed by atoms with Crippen LogP contribution in [-0.2, 0) is 4.79 Å². The second kappa shape index (κ2) is 5.17. The van der Waals surface area contributed by atoms with Crippen LogP contribution in [0, 0.1) is 5.41 Å². The van der Waals surface area contributed by atoms with Gasteiger partial charge in [-0.25, -0.2) is 4.79 Å². The van der Waals surface area contributed by atoms with Gasteiger partial charge in [0.2, 0.25) is 0 Å². The second-order valence-corrected chi connectivity index (χ2v) is 4.83. The van der Waals surface area contributed by atoms with Crippen molar-refractivity contribution in [2.45, 2.75) is 19.3 Å². The summed E-state index contributed by atoms with van der Waals surface area (Å²) in [5.74, 6) is -0.849. The van der Waals surface area contributed by atoms with Gasteiger partial charge in [0, 0.05) is 6.54 Å². The number of urea groups is 1. The average molecular weight is 263 g/mol. The molecular formula is C13H17N3O3. The lowest BCUT2D eigenvalue weighted by Crippen LogP contribution is -2.48. The zero-order valence-electron chi connectivity index (χ0n) is 10.5. The van der Waals surface area contributed by atoms with Crippen LogP contribution in [0.25, 0.3) is 0 Å². The molecule has 1 aromatic carbocycles. The molecule has 0 bridgehead atoms. The molecule has 0 unspecified atom stereocenters. The molecule has 0 radical (unpaired) electrons. The fraction of sp³-hybridized carbons (Fsp3) is 0.385. The Balaban J connectivity index is 1.89. The van der Waals surface area contributed by atoms with E-state index < -0.39 is 17.4 Å². The van der Waals surface area contributed by atoms with Gasteiger partial charge < -0.3 is 21.5 Å². The smallest absolute Gasteiger partial charge is 0.319 e. The summed E-state index contributed by atoms with van der Waals surface area (Å²) >= 11 is 0. The van der Waals surface area contributed by atoms with Gasteiger partial charge in [-0.15, -0.1) is 0 Å². The predicted octanol–water partition coefficient (Wildman–Crippen LogP) is 1.65. The Hall–Kier alpha value is -2.24. The molecule has 1 saturated carbocycles. The highest BCUT2D eigenvalue weighted by molar-refractivity contribution is 5.92. The minimum atomic E-state index is -0.849. The summed E-state index contributed by atoms with van der Waals surface area (Å²) < 4.78 is 0. The Morgan fingerprint density at radius 2 is 2.00 bits per heavy atom. The highest BCUT2D eigenvalue weighted by Crippen LogP contribution is 2.40. The first-order valence-electron chi connectivity index (χ1n) is 6.16. The van der Waals surface area contributed by atoms with Crippen LogP contribution in [0.1, 0.15) is 19.3 Å². The third-order valence-corrected chi connectivity index (χ3v) is 3.56. The Morgan fingerprint density at radius 3 is 2.53 bits per heavy atom. The van der Waals surface area contributed by atoms with Gasteiger partial charge in [0.1, 0.15) is 0 Å². The molecule has 0 spiro atoms. The van der Waals surface area contributed by atoms with Crippen LogP contribution in [-0.4, -0.2) is 23.7 Å². The van der Waals surface area contributed by atoms with Crippen LogP contribution in [0.5, 0.6) is 0 Å². The van der Waals surface area contributed by atoms with Crippen molar-refractivity contribution in [2.75, 3.05) is 17.6 Å². The van der Waals surface area contributed by atoms with Gasteiger partial charge in [-0.3, -0.25) is 4.79 Å². The zero-order chi connectivity index (χ0) is 13.9. The number of benzene rings is 1. The van der Waals surface area contributed by atoms with Gasteiger partial charge >= 0.3 is 12.0 Å². The number of para-hydroxylation sites is 2. The van der Waals surface area contributed by atoms with Crippen molar-refractivity contribution < 1.29 is 14.7 Å². The minimum Gasteiger partial charge on any atom is -0.481 e. The fourth-order valence-electron chi connectivity index (χ4n) is 2.10. The van der Waals surface area contributed by atoms with Crippen LogP contribution >= 0.6 is 0 Å². The maximum Gasteiger partial charge on any atom is 0.319 e. The summed E-state index contributed by atoms with van der Waals surface area (Å²) in [6, 6.07) is 6.46. The van der Waals surface area contributed by atoms with Crippen molar-refractivity contribution in [3.8, 4) is 0 Å². The minimum absolute atomic E-state index is 0.140. The first kappa shape index (κ1) is 13.2. The molecule has 2 amide bonds. The van der Waals surface area contributed by atoms with Crippen LogP contribution < -0.4 is 16.4 Å². The number of aliphatic carboxylic acids is 1. The number of nitrogen functional groups attached to an aromatic ring is 1. The van der Waals surface area contributed by atoms with Crippen molar-refractivity contribution in [3.05, 3.63) is 24.3 Å². The topological polar surface area (TPSA) is 104 Å². The van der Waals surface area contributed by atoms with E-state index in [4.69, 9.17) is 10.8 Å². The first-order valence-corrected chi connectivity index (χ1v) is 6.16. The van der Waals surface area contributed by atoms with E-state index in [0.29, 0.717) is 24.2 Å². The summed E-state index contributed by atoms with van der Waals surface area (Å²) in [5, 5.41) is 14.3. The Morgan fingerprint density at radius 1 is 1.32 bits per heavy atom. The summed E-state index contributed by atoms with van der Waals surface area (Å²) in [5.41, 5.74) is 5.89. The van der Waals surface area contributed by atoms with E-state index in [-0.39, 0.29) is 6.54 Å². The standard InChI is InChI=1S/C13H17N3O3/c14-9-4-1-2-5-10(9)16-12(19)15-8-13(11(17)18)6-3-7-13/h1-2,4-5H,3,6-8,14H2,(H,17,18)(H2,15,16,19). The van der Waals surface area contributed by atoms with Gasteiger partial charge in [-0.2, -0.15) is 0 Å². The largest absolute Gasteiger partial charge is 0.481 e. The number of amides is 2. The highest BCUT2D eigenvalue weighted by atomic mass is 16.4. The normalized spacial score (nSPS) is 16.2. The van der Waals surface area contributed by atoms with Crippen LogP contribution in [0.15, 0.2) is 24.3 Å². The number of hydrogen-bond acceptors (Lipinski definition) is 3. The van der Waals surface area contributed by atoms with E-state index in [9.17, 15) is 9.59 Å². The molecule has 1 aliphatic rings. The Kier molecular flexibility index (Phi) is 3.59. The van der Waals surface area contributed by atoms with Gasteiger partial charge in [-0.05, 0) is 25.0 Å². The molecule has 0 aliphatic heterocycles. The number of carboxylic acid groups (broad SMARTS) is 1. The number of rotatable bonds is 4. The molecule has 5 N–H and O–H groups in total. The Labute approximate surface area is 111 Å². The number of nitrogens with two attached hydrogens (primary N) is 1. The molecule has 6 nitrogen and oxygen atoms in total. The molecule has 1 fully saturated rings. The van der Waals surface area contributed by atoms with Crippen molar-refractivity contribution in [2.24, 2.45) is 5.41 Å². The molecule has 2 rings (SSSR count). The maximum atomic E-state index is 11.7. The van der Waals surface area contributed by atoms with Crippen molar-refractivity contribution in [3.63, 3.8) is 0 Å². The molecule has 6 heteroatoms. The third-order valence-electron chi connectivity index (χ3n) is 3.56. The molecular weight excluding hydrogens is 246 g/mol. The van der Waals surface area contributed by atoms with Gasteiger partial charge in [0.15, 0.2) is 0 Å². The van der Waals surface area contributed by atoms with E-state index in [0.717, 1.165) is 6.42 Å². The van der Waals surface area contributed by atoms with Crippen LogP contribution in [0.3, 0.4) is 0 Å². The lowest BCUT2D eigenvalue weighted by atomic mass is 9.69. The molecule has 0 aromatic heterocycles. The van der Waals surface area contributed by atoms with E-state index in [2.05, 4.69) is 10.6 Å². The van der Waals surface area contributed by atoms with E-state index >= 15 is 0 Å². The first-order chi connectivity index (χ1) is 9.03. The van der Waals surface area contributed by atoms with Crippen molar-refractivity contribution in [1.29, 1.82) is 0 Å². The summed E-state index contributed by atoms with van der Waals surface area (Å²) in [6.07, 6.45) is 2.10. The van der Waals surface area contributed by atoms with Gasteiger partial charge in [0.05, 0.1) is 16.8 Å². The number of carbonyl (C=O) groups is 2. The third kappa shape index (κ3) is 2.78. The zero-order valence-corrected chi connectivity index (χ0v) is 10.5. The summed E-state index contributed by atoms with van der Waals surface area (Å²) in [6.45, 7) is 0.140. The average Bonchev–Trinajstić information content (AvgIpc) is 2.30.